The summed E-state index contributed by atoms with van der Waals surface area (Å²) in [6, 6.07) is 1.04. The SMILES string of the molecule is O=S(=O)(N[C@H]1C[C@H]1CO)c1cnc(Cl)c(Cl)c1. The fourth-order valence-corrected chi connectivity index (χ4v) is 3.03. The van der Waals surface area contributed by atoms with Gasteiger partial charge in [0.25, 0.3) is 0 Å². The van der Waals surface area contributed by atoms with Gasteiger partial charge in [0.05, 0.1) is 5.02 Å². The van der Waals surface area contributed by atoms with Crippen LogP contribution in [0, 0.1) is 5.92 Å². The molecule has 0 saturated heterocycles. The van der Waals surface area contributed by atoms with Gasteiger partial charge in [-0.3, -0.25) is 0 Å². The van der Waals surface area contributed by atoms with Crippen molar-refractivity contribution in [3.63, 3.8) is 0 Å². The first kappa shape index (κ1) is 13.0. The molecule has 8 heteroatoms. The standard InChI is InChI=1S/C9H10Cl2N2O3S/c10-7-2-6(3-12-9(7)11)17(15,16)13-8-1-5(8)4-14/h2-3,5,8,13-14H,1,4H2/t5-,8-/m0/s1. The number of hydrogen-bond acceptors (Lipinski definition) is 4. The normalized spacial score (nSPS) is 23.7. The van der Waals surface area contributed by atoms with E-state index in [0.717, 1.165) is 6.20 Å². The second-order valence-corrected chi connectivity index (χ2v) is 6.33. The first-order chi connectivity index (χ1) is 7.94. The van der Waals surface area contributed by atoms with Gasteiger partial charge >= 0.3 is 0 Å². The van der Waals surface area contributed by atoms with Crippen LogP contribution in [0.25, 0.3) is 0 Å². The molecular formula is C9H10Cl2N2O3S. The van der Waals surface area contributed by atoms with Gasteiger partial charge < -0.3 is 5.11 Å². The lowest BCUT2D eigenvalue weighted by molar-refractivity contribution is 0.273. The molecule has 0 spiro atoms. The molecule has 0 amide bonds. The highest BCUT2D eigenvalue weighted by Gasteiger charge is 2.39. The number of aliphatic hydroxyl groups is 1. The maximum atomic E-state index is 11.9. The second-order valence-electron chi connectivity index (χ2n) is 3.85. The topological polar surface area (TPSA) is 79.3 Å². The van der Waals surface area contributed by atoms with Crippen molar-refractivity contribution < 1.29 is 13.5 Å². The zero-order valence-corrected chi connectivity index (χ0v) is 10.9. The van der Waals surface area contributed by atoms with Gasteiger partial charge in [0.1, 0.15) is 10.0 Å². The number of pyridine rings is 1. The maximum Gasteiger partial charge on any atom is 0.242 e. The number of sulfonamides is 1. The van der Waals surface area contributed by atoms with Gasteiger partial charge in [-0.05, 0) is 18.4 Å². The Kier molecular flexibility index (Phi) is 3.61. The van der Waals surface area contributed by atoms with Crippen molar-refractivity contribution in [2.75, 3.05) is 6.61 Å². The van der Waals surface area contributed by atoms with E-state index in [4.69, 9.17) is 28.3 Å². The maximum absolute atomic E-state index is 11.9. The van der Waals surface area contributed by atoms with Crippen molar-refractivity contribution in [3.05, 3.63) is 22.4 Å². The summed E-state index contributed by atoms with van der Waals surface area (Å²) in [5.74, 6) is 0.000469. The zero-order valence-electron chi connectivity index (χ0n) is 8.60. The minimum absolute atomic E-state index is 0.000469. The summed E-state index contributed by atoms with van der Waals surface area (Å²) in [5, 5.41) is 8.99. The van der Waals surface area contributed by atoms with Crippen LogP contribution in [0.2, 0.25) is 10.2 Å². The summed E-state index contributed by atoms with van der Waals surface area (Å²) in [4.78, 5) is 3.64. The third kappa shape index (κ3) is 2.89. The van der Waals surface area contributed by atoms with Crippen LogP contribution in [-0.2, 0) is 10.0 Å². The van der Waals surface area contributed by atoms with Crippen LogP contribution >= 0.6 is 23.2 Å². The molecule has 17 heavy (non-hydrogen) atoms. The van der Waals surface area contributed by atoms with Crippen LogP contribution in [0.3, 0.4) is 0 Å². The first-order valence-corrected chi connectivity index (χ1v) is 7.12. The van der Waals surface area contributed by atoms with Crippen LogP contribution in [-0.4, -0.2) is 31.2 Å². The predicted molar refractivity (Wildman–Crippen MR) is 63.6 cm³/mol. The van der Waals surface area contributed by atoms with Crippen molar-refractivity contribution in [1.29, 1.82) is 0 Å². The molecule has 94 valence electrons. The summed E-state index contributed by atoms with van der Waals surface area (Å²) < 4.78 is 26.2. The summed E-state index contributed by atoms with van der Waals surface area (Å²) in [6.07, 6.45) is 1.79. The number of aliphatic hydroxyl groups excluding tert-OH is 1. The molecule has 1 aliphatic rings. The minimum Gasteiger partial charge on any atom is -0.396 e. The molecule has 1 heterocycles. The number of rotatable bonds is 4. The molecule has 0 bridgehead atoms. The summed E-state index contributed by atoms with van der Waals surface area (Å²) in [7, 11) is -3.65. The van der Waals surface area contributed by atoms with Gasteiger partial charge in [-0.15, -0.1) is 0 Å². The number of halogens is 2. The van der Waals surface area contributed by atoms with Crippen molar-refractivity contribution in [1.82, 2.24) is 9.71 Å². The molecule has 0 unspecified atom stereocenters. The molecule has 0 radical (unpaired) electrons. The monoisotopic (exact) mass is 296 g/mol. The van der Waals surface area contributed by atoms with E-state index in [1.807, 2.05) is 0 Å². The van der Waals surface area contributed by atoms with Crippen LogP contribution in [0.5, 0.6) is 0 Å². The molecule has 1 aromatic heterocycles. The molecule has 0 aliphatic heterocycles. The third-order valence-corrected chi connectivity index (χ3v) is 4.69. The Morgan fingerprint density at radius 3 is 2.76 bits per heavy atom. The van der Waals surface area contributed by atoms with E-state index in [2.05, 4.69) is 9.71 Å². The third-order valence-electron chi connectivity index (χ3n) is 2.55. The molecule has 1 aliphatic carbocycles. The Hall–Kier alpha value is -0.400. The van der Waals surface area contributed by atoms with E-state index in [0.29, 0.717) is 6.42 Å². The fraction of sp³-hybridized carbons (Fsp3) is 0.444. The van der Waals surface area contributed by atoms with Crippen LogP contribution in [0.4, 0.5) is 0 Å². The largest absolute Gasteiger partial charge is 0.396 e. The molecular weight excluding hydrogens is 287 g/mol. The predicted octanol–water partition coefficient (Wildman–Crippen LogP) is 1.05. The second kappa shape index (κ2) is 4.70. The van der Waals surface area contributed by atoms with E-state index in [1.165, 1.54) is 6.07 Å². The number of nitrogens with one attached hydrogen (secondary N) is 1. The Bertz CT molecular complexity index is 535. The van der Waals surface area contributed by atoms with Gasteiger partial charge in [-0.25, -0.2) is 18.1 Å². The summed E-state index contributed by atoms with van der Waals surface area (Å²) in [6.45, 7) is -0.0210. The minimum atomic E-state index is -3.65. The van der Waals surface area contributed by atoms with E-state index >= 15 is 0 Å². The lowest BCUT2D eigenvalue weighted by Crippen LogP contribution is -2.27. The van der Waals surface area contributed by atoms with Crippen molar-refractivity contribution in [3.8, 4) is 0 Å². The van der Waals surface area contributed by atoms with E-state index < -0.39 is 10.0 Å². The van der Waals surface area contributed by atoms with Crippen molar-refractivity contribution in [2.24, 2.45) is 5.92 Å². The van der Waals surface area contributed by atoms with Gasteiger partial charge in [-0.1, -0.05) is 23.2 Å². The molecule has 1 fully saturated rings. The van der Waals surface area contributed by atoms with Crippen molar-refractivity contribution >= 4 is 33.2 Å². The van der Waals surface area contributed by atoms with Gasteiger partial charge in [0.15, 0.2) is 0 Å². The van der Waals surface area contributed by atoms with E-state index in [-0.39, 0.29) is 33.6 Å². The molecule has 2 rings (SSSR count). The molecule has 2 atom stereocenters. The average Bonchev–Trinajstić information content (AvgIpc) is 2.99. The number of hydrogen-bond donors (Lipinski definition) is 2. The lowest BCUT2D eigenvalue weighted by Gasteiger charge is -2.06. The highest BCUT2D eigenvalue weighted by atomic mass is 35.5. The first-order valence-electron chi connectivity index (χ1n) is 4.88. The molecule has 2 N–H and O–H groups in total. The summed E-state index contributed by atoms with van der Waals surface area (Å²) >= 11 is 11.3. The van der Waals surface area contributed by atoms with E-state index in [1.54, 1.807) is 0 Å². The van der Waals surface area contributed by atoms with Crippen LogP contribution in [0.1, 0.15) is 6.42 Å². The molecule has 1 saturated carbocycles. The quantitative estimate of drug-likeness (QED) is 0.814. The Labute approximate surface area is 109 Å². The number of nitrogens with zero attached hydrogens (tertiary/aromatic N) is 1. The van der Waals surface area contributed by atoms with E-state index in [9.17, 15) is 8.42 Å². The van der Waals surface area contributed by atoms with Gasteiger partial charge in [0.2, 0.25) is 10.0 Å². The molecule has 0 aromatic carbocycles. The Balaban J connectivity index is 2.17. The molecule has 5 nitrogen and oxygen atoms in total. The molecule has 1 aromatic rings. The summed E-state index contributed by atoms with van der Waals surface area (Å²) in [5.41, 5.74) is 0. The van der Waals surface area contributed by atoms with Crippen LogP contribution in [0.15, 0.2) is 17.2 Å². The zero-order chi connectivity index (χ0) is 12.6. The number of aromatic nitrogens is 1. The lowest BCUT2D eigenvalue weighted by atomic mass is 10.4. The fourth-order valence-electron chi connectivity index (χ4n) is 1.41. The smallest absolute Gasteiger partial charge is 0.242 e. The highest BCUT2D eigenvalue weighted by molar-refractivity contribution is 7.89. The Morgan fingerprint density at radius 2 is 2.24 bits per heavy atom. The van der Waals surface area contributed by atoms with Gasteiger partial charge in [-0.2, -0.15) is 0 Å². The van der Waals surface area contributed by atoms with Gasteiger partial charge in [0, 0.05) is 18.8 Å². The average molecular weight is 297 g/mol. The Morgan fingerprint density at radius 1 is 1.53 bits per heavy atom. The van der Waals surface area contributed by atoms with Crippen LogP contribution < -0.4 is 4.72 Å². The highest BCUT2D eigenvalue weighted by Crippen LogP contribution is 2.31. The van der Waals surface area contributed by atoms with Crippen molar-refractivity contribution in [2.45, 2.75) is 17.4 Å².